The Morgan fingerprint density at radius 2 is 1.76 bits per heavy atom. The molecule has 0 saturated heterocycles. The number of imidazole rings is 1. The van der Waals surface area contributed by atoms with Gasteiger partial charge in [0.1, 0.15) is 11.3 Å². The molecule has 1 aliphatic carbocycles. The molecule has 10 heteroatoms. The van der Waals surface area contributed by atoms with Gasteiger partial charge in [0.2, 0.25) is 5.91 Å². The van der Waals surface area contributed by atoms with Gasteiger partial charge >= 0.3 is 0 Å². The number of hydrogen-bond donors (Lipinski definition) is 2. The van der Waals surface area contributed by atoms with Crippen LogP contribution in [0.4, 0.5) is 5.82 Å². The number of pyridine rings is 2. The Hall–Kier alpha value is -5.82. The molecule has 0 atom stereocenters. The maximum absolute atomic E-state index is 10.5. The molecule has 1 amide bonds. The molecule has 0 saturated carbocycles. The third kappa shape index (κ3) is 4.99. The first-order valence-electron chi connectivity index (χ1n) is 13.0. The van der Waals surface area contributed by atoms with Gasteiger partial charge in [0.15, 0.2) is 17.3 Å². The fourth-order valence-corrected chi connectivity index (χ4v) is 4.92. The molecule has 41 heavy (non-hydrogen) atoms. The van der Waals surface area contributed by atoms with E-state index in [4.69, 9.17) is 26.7 Å². The van der Waals surface area contributed by atoms with Crippen molar-refractivity contribution in [2.75, 3.05) is 5.73 Å². The molecule has 6 aromatic rings. The van der Waals surface area contributed by atoms with Crippen molar-refractivity contribution in [3.05, 3.63) is 114 Å². The van der Waals surface area contributed by atoms with Crippen molar-refractivity contribution >= 4 is 22.9 Å². The number of amides is 1. The molecule has 4 heterocycles. The molecule has 0 fully saturated rings. The molecular weight excluding hydrogens is 514 g/mol. The van der Waals surface area contributed by atoms with Crippen molar-refractivity contribution in [1.29, 1.82) is 5.26 Å². The highest BCUT2D eigenvalue weighted by Gasteiger charge is 2.20. The van der Waals surface area contributed by atoms with Crippen LogP contribution in [0, 0.1) is 11.3 Å². The Morgan fingerprint density at radius 1 is 0.927 bits per heavy atom. The number of anilines is 1. The molecule has 10 nitrogen and oxygen atoms in total. The van der Waals surface area contributed by atoms with Crippen LogP contribution in [0.2, 0.25) is 0 Å². The highest BCUT2D eigenvalue weighted by atomic mass is 16.1. The van der Waals surface area contributed by atoms with Gasteiger partial charge in [-0.15, -0.1) is 0 Å². The fourth-order valence-electron chi connectivity index (χ4n) is 4.92. The largest absolute Gasteiger partial charge is 0.383 e. The highest BCUT2D eigenvalue weighted by molar-refractivity contribution is 5.92. The van der Waals surface area contributed by atoms with E-state index in [1.807, 2.05) is 42.6 Å². The van der Waals surface area contributed by atoms with E-state index in [2.05, 4.69) is 32.8 Å². The van der Waals surface area contributed by atoms with Crippen molar-refractivity contribution in [3.63, 3.8) is 0 Å². The zero-order chi connectivity index (χ0) is 28.3. The van der Waals surface area contributed by atoms with Gasteiger partial charge in [-0.1, -0.05) is 6.07 Å². The van der Waals surface area contributed by atoms with E-state index < -0.39 is 5.91 Å². The van der Waals surface area contributed by atoms with Crippen molar-refractivity contribution < 1.29 is 4.79 Å². The summed E-state index contributed by atoms with van der Waals surface area (Å²) in [5.74, 6) is 1.44. The number of carbonyl (C=O) groups is 1. The van der Waals surface area contributed by atoms with Gasteiger partial charge in [-0.2, -0.15) is 10.4 Å². The Labute approximate surface area is 235 Å². The van der Waals surface area contributed by atoms with E-state index in [1.165, 1.54) is 29.7 Å². The number of primary amides is 1. The molecule has 0 radical (unpaired) electrons. The minimum absolute atomic E-state index is 0.420. The Kier molecular flexibility index (Phi) is 6.67. The molecule has 0 bridgehead atoms. The number of nitrogen functional groups attached to an aromatic ring is 1. The maximum atomic E-state index is 10.5. The van der Waals surface area contributed by atoms with Crippen LogP contribution < -0.4 is 11.5 Å². The van der Waals surface area contributed by atoms with E-state index in [-0.39, 0.29) is 0 Å². The average molecular weight is 540 g/mol. The number of aryl methyl sites for hydroxylation is 2. The zero-order valence-corrected chi connectivity index (χ0v) is 22.0. The third-order valence-electron chi connectivity index (χ3n) is 6.95. The van der Waals surface area contributed by atoms with Crippen LogP contribution in [0.3, 0.4) is 0 Å². The lowest BCUT2D eigenvalue weighted by molar-refractivity contribution is 0.100. The van der Waals surface area contributed by atoms with E-state index in [9.17, 15) is 4.79 Å². The molecule has 4 N–H and O–H groups in total. The average Bonchev–Trinajstić information content (AvgIpc) is 3.77. The van der Waals surface area contributed by atoms with Crippen LogP contribution in [0.15, 0.2) is 91.4 Å². The highest BCUT2D eigenvalue weighted by Crippen LogP contribution is 2.32. The third-order valence-corrected chi connectivity index (χ3v) is 6.95. The quantitative estimate of drug-likeness (QED) is 0.336. The van der Waals surface area contributed by atoms with Gasteiger partial charge in [-0.05, 0) is 97.1 Å². The normalized spacial score (nSPS) is 11.9. The smallest absolute Gasteiger partial charge is 0.248 e. The summed E-state index contributed by atoms with van der Waals surface area (Å²) in [7, 11) is 0. The molecule has 0 spiro atoms. The minimum atomic E-state index is -0.477. The second-order valence-corrected chi connectivity index (χ2v) is 9.53. The lowest BCUT2D eigenvalue weighted by atomic mass is 10.1. The lowest BCUT2D eigenvalue weighted by Crippen LogP contribution is -2.10. The molecular formula is C31H25N9O. The van der Waals surface area contributed by atoms with Gasteiger partial charge in [0.25, 0.3) is 0 Å². The number of nitrogens with zero attached hydrogens (tertiary/aromatic N) is 7. The van der Waals surface area contributed by atoms with Crippen molar-refractivity contribution in [2.45, 2.75) is 19.3 Å². The number of nitrogens with two attached hydrogens (primary N) is 2. The molecule has 7 rings (SSSR count). The first kappa shape index (κ1) is 25.5. The van der Waals surface area contributed by atoms with Crippen LogP contribution in [0.5, 0.6) is 0 Å². The monoisotopic (exact) mass is 539 g/mol. The Bertz CT molecular complexity index is 1920. The number of nitriles is 1. The number of carbonyl (C=O) groups excluding carboxylic acids is 1. The van der Waals surface area contributed by atoms with Crippen molar-refractivity contribution in [3.8, 4) is 29.0 Å². The molecule has 0 unspecified atom stereocenters. The van der Waals surface area contributed by atoms with Crippen LogP contribution in [0.25, 0.3) is 34.1 Å². The Morgan fingerprint density at radius 3 is 2.49 bits per heavy atom. The SMILES string of the molecule is N#Cc1ccc(C(N)=O)cc1.Nc1ncccc1-c1nc2ccc(-n3cccn3)nc2n1-c1ccc2c(c1)CCC2. The summed E-state index contributed by atoms with van der Waals surface area (Å²) in [5, 5.41) is 12.7. The van der Waals surface area contributed by atoms with Crippen LogP contribution >= 0.6 is 0 Å². The van der Waals surface area contributed by atoms with E-state index >= 15 is 0 Å². The molecule has 1 aliphatic rings. The van der Waals surface area contributed by atoms with Crippen LogP contribution in [0.1, 0.15) is 33.5 Å². The number of rotatable bonds is 4. The first-order chi connectivity index (χ1) is 20.0. The number of aromatic nitrogens is 6. The van der Waals surface area contributed by atoms with E-state index in [0.29, 0.717) is 16.9 Å². The summed E-state index contributed by atoms with van der Waals surface area (Å²) in [4.78, 5) is 24.6. The topological polar surface area (TPSA) is 154 Å². The predicted molar refractivity (Wildman–Crippen MR) is 155 cm³/mol. The van der Waals surface area contributed by atoms with E-state index in [1.54, 1.807) is 29.2 Å². The summed E-state index contributed by atoms with van der Waals surface area (Å²) in [6.45, 7) is 0. The number of fused-ring (bicyclic) bond motifs is 2. The summed E-state index contributed by atoms with van der Waals surface area (Å²) in [6, 6.07) is 24.3. The summed E-state index contributed by atoms with van der Waals surface area (Å²) in [6.07, 6.45) is 8.76. The summed E-state index contributed by atoms with van der Waals surface area (Å²) >= 11 is 0. The van der Waals surface area contributed by atoms with Crippen LogP contribution in [-0.4, -0.2) is 35.2 Å². The minimum Gasteiger partial charge on any atom is -0.383 e. The van der Waals surface area contributed by atoms with Gasteiger partial charge in [0, 0.05) is 29.8 Å². The van der Waals surface area contributed by atoms with Crippen molar-refractivity contribution in [2.24, 2.45) is 5.73 Å². The predicted octanol–water partition coefficient (Wildman–Crippen LogP) is 4.40. The van der Waals surface area contributed by atoms with E-state index in [0.717, 1.165) is 46.9 Å². The standard InChI is InChI=1S/C23H19N7.C8H6N2O/c24-21-18(6-2-11-25-21)22-27-19-9-10-20(29-13-3-12-26-29)28-23(19)30(22)17-8-7-15-4-1-5-16(15)14-17;9-5-6-1-3-7(4-2-6)8(10)11/h2-3,6-14H,1,4-5H2,(H2,24,25);1-4H,(H2,10,11). The molecule has 0 aliphatic heterocycles. The fraction of sp³-hybridized carbons (Fsp3) is 0.0968. The van der Waals surface area contributed by atoms with Crippen LogP contribution in [-0.2, 0) is 12.8 Å². The summed E-state index contributed by atoms with van der Waals surface area (Å²) < 4.78 is 3.83. The van der Waals surface area contributed by atoms with Gasteiger partial charge in [-0.3, -0.25) is 9.36 Å². The molecule has 2 aromatic carbocycles. The maximum Gasteiger partial charge on any atom is 0.248 e. The van der Waals surface area contributed by atoms with Gasteiger partial charge < -0.3 is 11.5 Å². The Balaban J connectivity index is 0.000000233. The van der Waals surface area contributed by atoms with Gasteiger partial charge in [0.05, 0.1) is 17.2 Å². The molecule has 4 aromatic heterocycles. The first-order valence-corrected chi connectivity index (χ1v) is 13.0. The number of benzene rings is 2. The van der Waals surface area contributed by atoms with Crippen molar-refractivity contribution in [1.82, 2.24) is 29.3 Å². The zero-order valence-electron chi connectivity index (χ0n) is 22.0. The second-order valence-electron chi connectivity index (χ2n) is 9.53. The summed E-state index contributed by atoms with van der Waals surface area (Å²) in [5.41, 5.74) is 18.3. The lowest BCUT2D eigenvalue weighted by Gasteiger charge is -2.12. The molecule has 200 valence electrons. The van der Waals surface area contributed by atoms with Gasteiger partial charge in [-0.25, -0.2) is 19.6 Å². The number of hydrogen-bond acceptors (Lipinski definition) is 7. The second kappa shape index (κ2) is 10.7.